The van der Waals surface area contributed by atoms with Crippen molar-refractivity contribution in [2.75, 3.05) is 11.9 Å². The molecule has 0 heterocycles. The van der Waals surface area contributed by atoms with Crippen molar-refractivity contribution in [2.45, 2.75) is 63.0 Å². The maximum absolute atomic E-state index is 12.6. The van der Waals surface area contributed by atoms with Crippen LogP contribution >= 0.6 is 34.8 Å². The topological polar surface area (TPSA) is 59.6 Å². The summed E-state index contributed by atoms with van der Waals surface area (Å²) in [5.41, 5.74) is 0.677. The van der Waals surface area contributed by atoms with Crippen molar-refractivity contribution in [3.8, 4) is 5.75 Å². The summed E-state index contributed by atoms with van der Waals surface area (Å²) >= 11 is 18.3. The lowest BCUT2D eigenvalue weighted by atomic mass is 9.75. The van der Waals surface area contributed by atoms with Gasteiger partial charge in [0.2, 0.25) is 3.79 Å². The van der Waals surface area contributed by atoms with Gasteiger partial charge in [-0.15, -0.1) is 0 Å². The number of nitrogens with one attached hydrogen (secondary N) is 2. The van der Waals surface area contributed by atoms with Crippen molar-refractivity contribution in [2.24, 2.45) is 17.8 Å². The van der Waals surface area contributed by atoms with Crippen LogP contribution in [0.15, 0.2) is 24.3 Å². The molecule has 0 unspecified atom stereocenters. The van der Waals surface area contributed by atoms with E-state index in [-0.39, 0.29) is 6.10 Å². The minimum absolute atomic E-state index is 0.139. The molecule has 164 valence electrons. The standard InChI is InChI=1S/C21H31Cl3N2O3/c1-5-28-16-9-7-15(8-10-16)25-19(21(22,23)24)26-20(27)29-18-12-14(4)6-11-17(18)13(2)3/h7-10,13-14,17-19,25H,5-6,11-12H2,1-4H3,(H,26,27)/t14-,17+,18-,19-/m1/s1. The van der Waals surface area contributed by atoms with Gasteiger partial charge in [0.1, 0.15) is 18.0 Å². The van der Waals surface area contributed by atoms with Gasteiger partial charge in [0, 0.05) is 5.69 Å². The number of hydrogen-bond acceptors (Lipinski definition) is 4. The van der Waals surface area contributed by atoms with Crippen LogP contribution in [0.2, 0.25) is 0 Å². The number of benzene rings is 1. The lowest BCUT2D eigenvalue weighted by molar-refractivity contribution is 0.00534. The molecule has 4 atom stereocenters. The number of hydrogen-bond donors (Lipinski definition) is 2. The SMILES string of the molecule is CCOc1ccc(N[C@H](NC(=O)O[C@@H]2C[C@H](C)CC[C@H]2C(C)C)C(Cl)(Cl)Cl)cc1. The van der Waals surface area contributed by atoms with Crippen LogP contribution in [0.25, 0.3) is 0 Å². The second kappa shape index (κ2) is 10.8. The first-order valence-corrected chi connectivity index (χ1v) is 11.3. The molecular weight excluding hydrogens is 435 g/mol. The number of amides is 1. The molecule has 0 spiro atoms. The molecule has 1 saturated carbocycles. The highest BCUT2D eigenvalue weighted by Gasteiger charge is 2.37. The first-order chi connectivity index (χ1) is 13.6. The fraction of sp³-hybridized carbons (Fsp3) is 0.667. The lowest BCUT2D eigenvalue weighted by Crippen LogP contribution is -2.50. The highest BCUT2D eigenvalue weighted by Crippen LogP contribution is 2.36. The summed E-state index contributed by atoms with van der Waals surface area (Å²) < 4.78 is 9.42. The van der Waals surface area contributed by atoms with Gasteiger partial charge in [0.15, 0.2) is 0 Å². The molecule has 2 rings (SSSR count). The summed E-state index contributed by atoms with van der Waals surface area (Å²) in [6.07, 6.45) is 1.36. The Morgan fingerprint density at radius 2 is 1.86 bits per heavy atom. The van der Waals surface area contributed by atoms with Gasteiger partial charge in [-0.05, 0) is 61.8 Å². The summed E-state index contributed by atoms with van der Waals surface area (Å²) in [6.45, 7) is 8.99. The van der Waals surface area contributed by atoms with Crippen molar-refractivity contribution in [3.63, 3.8) is 0 Å². The van der Waals surface area contributed by atoms with Crippen LogP contribution in [0.4, 0.5) is 10.5 Å². The largest absolute Gasteiger partial charge is 0.494 e. The molecule has 0 radical (unpaired) electrons. The summed E-state index contributed by atoms with van der Waals surface area (Å²) in [6, 6.07) is 7.19. The molecule has 0 aromatic heterocycles. The Morgan fingerprint density at radius 3 is 2.41 bits per heavy atom. The Labute approximate surface area is 188 Å². The molecule has 0 bridgehead atoms. The molecule has 29 heavy (non-hydrogen) atoms. The predicted octanol–water partition coefficient (Wildman–Crippen LogP) is 6.38. The number of ether oxygens (including phenoxy) is 2. The average molecular weight is 466 g/mol. The van der Waals surface area contributed by atoms with Crippen LogP contribution in [0.5, 0.6) is 5.75 Å². The van der Waals surface area contributed by atoms with Gasteiger partial charge >= 0.3 is 6.09 Å². The number of anilines is 1. The van der Waals surface area contributed by atoms with Crippen molar-refractivity contribution in [1.29, 1.82) is 0 Å². The minimum Gasteiger partial charge on any atom is -0.494 e. The van der Waals surface area contributed by atoms with E-state index in [2.05, 4.69) is 31.4 Å². The number of rotatable bonds is 7. The molecular formula is C21H31Cl3N2O3. The van der Waals surface area contributed by atoms with E-state index < -0.39 is 16.1 Å². The quantitative estimate of drug-likeness (QED) is 0.362. The summed E-state index contributed by atoms with van der Waals surface area (Å²) in [5, 5.41) is 5.70. The Morgan fingerprint density at radius 1 is 1.21 bits per heavy atom. The van der Waals surface area contributed by atoms with Crippen LogP contribution < -0.4 is 15.4 Å². The van der Waals surface area contributed by atoms with Crippen molar-refractivity contribution in [3.05, 3.63) is 24.3 Å². The fourth-order valence-electron chi connectivity index (χ4n) is 3.72. The normalized spacial score (nSPS) is 23.4. The van der Waals surface area contributed by atoms with Gasteiger partial charge in [-0.3, -0.25) is 5.32 Å². The number of carbonyl (C=O) groups is 1. The Hall–Kier alpha value is -1.04. The molecule has 0 saturated heterocycles. The molecule has 2 N–H and O–H groups in total. The predicted molar refractivity (Wildman–Crippen MR) is 120 cm³/mol. The van der Waals surface area contributed by atoms with Crippen LogP contribution in [0.3, 0.4) is 0 Å². The zero-order valence-electron chi connectivity index (χ0n) is 17.4. The smallest absolute Gasteiger partial charge is 0.409 e. The Bertz CT molecular complexity index is 650. The van der Waals surface area contributed by atoms with E-state index in [9.17, 15) is 4.79 Å². The van der Waals surface area contributed by atoms with Crippen LogP contribution in [-0.2, 0) is 4.74 Å². The number of alkyl carbamates (subject to hydrolysis) is 1. The van der Waals surface area contributed by atoms with Crippen molar-refractivity contribution >= 4 is 46.6 Å². The third-order valence-corrected chi connectivity index (χ3v) is 5.94. The maximum Gasteiger partial charge on any atom is 0.409 e. The monoisotopic (exact) mass is 464 g/mol. The lowest BCUT2D eigenvalue weighted by Gasteiger charge is -2.37. The molecule has 1 amide bonds. The number of carbonyl (C=O) groups excluding carboxylic acids is 1. The van der Waals surface area contributed by atoms with Gasteiger partial charge < -0.3 is 14.8 Å². The van der Waals surface area contributed by atoms with Crippen LogP contribution in [0, 0.1) is 17.8 Å². The summed E-state index contributed by atoms with van der Waals surface area (Å²) in [4.78, 5) is 12.6. The first-order valence-electron chi connectivity index (χ1n) is 10.1. The van der Waals surface area contributed by atoms with Gasteiger partial charge in [0.25, 0.3) is 0 Å². The number of alkyl halides is 3. The molecule has 5 nitrogen and oxygen atoms in total. The minimum atomic E-state index is -1.77. The zero-order chi connectivity index (χ0) is 21.6. The number of halogens is 3. The van der Waals surface area contributed by atoms with Gasteiger partial charge in [-0.2, -0.15) is 0 Å². The fourth-order valence-corrected chi connectivity index (χ4v) is 4.05. The van der Waals surface area contributed by atoms with E-state index >= 15 is 0 Å². The molecule has 1 aromatic rings. The van der Waals surface area contributed by atoms with E-state index in [0.29, 0.717) is 30.0 Å². The average Bonchev–Trinajstić information content (AvgIpc) is 2.62. The second-order valence-corrected chi connectivity index (χ2v) is 10.4. The Balaban J connectivity index is 2.02. The van der Waals surface area contributed by atoms with Gasteiger partial charge in [0.05, 0.1) is 6.61 Å². The molecule has 1 aliphatic rings. The van der Waals surface area contributed by atoms with Crippen LogP contribution in [-0.4, -0.2) is 28.8 Å². The highest BCUT2D eigenvalue weighted by atomic mass is 35.6. The molecule has 1 aromatic carbocycles. The van der Waals surface area contributed by atoms with Crippen molar-refractivity contribution < 1.29 is 14.3 Å². The third-order valence-electron chi connectivity index (χ3n) is 5.29. The summed E-state index contributed by atoms with van der Waals surface area (Å²) in [7, 11) is 0. The van der Waals surface area contributed by atoms with E-state index in [4.69, 9.17) is 44.3 Å². The highest BCUT2D eigenvalue weighted by molar-refractivity contribution is 6.68. The second-order valence-electron chi connectivity index (χ2n) is 7.99. The molecule has 1 fully saturated rings. The zero-order valence-corrected chi connectivity index (χ0v) is 19.7. The van der Waals surface area contributed by atoms with E-state index in [1.165, 1.54) is 0 Å². The van der Waals surface area contributed by atoms with E-state index in [1.807, 2.05) is 6.92 Å². The van der Waals surface area contributed by atoms with Crippen molar-refractivity contribution in [1.82, 2.24) is 5.32 Å². The molecule has 1 aliphatic carbocycles. The van der Waals surface area contributed by atoms with Crippen LogP contribution in [0.1, 0.15) is 47.0 Å². The molecule has 8 heteroatoms. The van der Waals surface area contributed by atoms with Gasteiger partial charge in [-0.1, -0.05) is 62.0 Å². The van der Waals surface area contributed by atoms with E-state index in [1.54, 1.807) is 24.3 Å². The van der Waals surface area contributed by atoms with E-state index in [0.717, 1.165) is 25.0 Å². The Kier molecular flexibility index (Phi) is 9.05. The first kappa shape index (κ1) is 24.2. The van der Waals surface area contributed by atoms with Gasteiger partial charge in [-0.25, -0.2) is 4.79 Å². The summed E-state index contributed by atoms with van der Waals surface area (Å²) in [5.74, 6) is 2.03. The third kappa shape index (κ3) is 7.62. The molecule has 0 aliphatic heterocycles. The maximum atomic E-state index is 12.6.